The Bertz CT molecular complexity index is 559. The summed E-state index contributed by atoms with van der Waals surface area (Å²) in [7, 11) is -3.56. The van der Waals surface area contributed by atoms with E-state index in [1.807, 2.05) is 0 Å². The van der Waals surface area contributed by atoms with Gasteiger partial charge in [-0.2, -0.15) is 0 Å². The van der Waals surface area contributed by atoms with Crippen molar-refractivity contribution in [3.8, 4) is 0 Å². The van der Waals surface area contributed by atoms with E-state index in [0.717, 1.165) is 6.20 Å². The molecule has 0 saturated carbocycles. The Morgan fingerprint density at radius 1 is 1.56 bits per heavy atom. The average molecular weight is 293 g/mol. The van der Waals surface area contributed by atoms with Gasteiger partial charge in [-0.05, 0) is 18.4 Å². The number of nitro groups is 1. The summed E-state index contributed by atoms with van der Waals surface area (Å²) >= 11 is 5.58. The van der Waals surface area contributed by atoms with Crippen LogP contribution in [-0.2, 0) is 9.84 Å². The molecule has 18 heavy (non-hydrogen) atoms. The smallest absolute Gasteiger partial charge is 0.258 e. The third-order valence-corrected chi connectivity index (χ3v) is 4.84. The minimum Gasteiger partial charge on any atom is -0.258 e. The van der Waals surface area contributed by atoms with Crippen molar-refractivity contribution in [2.75, 3.05) is 11.6 Å². The topological polar surface area (TPSA) is 90.2 Å². The Balaban J connectivity index is 3.14. The summed E-state index contributed by atoms with van der Waals surface area (Å²) in [5.74, 6) is -0.0963. The number of nitrogens with zero attached hydrogens (tertiary/aromatic N) is 2. The molecule has 1 aromatic rings. The molecule has 0 spiro atoms. The first-order valence-electron chi connectivity index (χ1n) is 5.17. The van der Waals surface area contributed by atoms with Gasteiger partial charge in [0.1, 0.15) is 6.20 Å². The summed E-state index contributed by atoms with van der Waals surface area (Å²) in [6.45, 7) is 3.20. The van der Waals surface area contributed by atoms with Gasteiger partial charge in [0, 0.05) is 11.9 Å². The molecule has 0 saturated heterocycles. The second-order valence-electron chi connectivity index (χ2n) is 4.11. The zero-order valence-electron chi connectivity index (χ0n) is 9.96. The summed E-state index contributed by atoms with van der Waals surface area (Å²) in [6, 6.07) is 1.20. The number of aryl methyl sites for hydroxylation is 1. The number of alkyl halides is 1. The van der Waals surface area contributed by atoms with Gasteiger partial charge in [0.2, 0.25) is 0 Å². The molecule has 0 bridgehead atoms. The van der Waals surface area contributed by atoms with E-state index in [1.165, 1.54) is 13.0 Å². The van der Waals surface area contributed by atoms with Crippen LogP contribution in [0.25, 0.3) is 0 Å². The van der Waals surface area contributed by atoms with E-state index in [9.17, 15) is 18.5 Å². The first-order valence-corrected chi connectivity index (χ1v) is 7.36. The summed E-state index contributed by atoms with van der Waals surface area (Å²) in [5.41, 5.74) is 0.0443. The average Bonchev–Trinajstić information content (AvgIpc) is 2.27. The van der Waals surface area contributed by atoms with Crippen LogP contribution in [0.4, 0.5) is 5.69 Å². The van der Waals surface area contributed by atoms with E-state index in [0.29, 0.717) is 0 Å². The highest BCUT2D eigenvalue weighted by atomic mass is 35.5. The zero-order valence-corrected chi connectivity index (χ0v) is 11.5. The molecule has 1 rings (SSSR count). The lowest BCUT2D eigenvalue weighted by Crippen LogP contribution is -2.17. The molecule has 0 aliphatic heterocycles. The number of sulfone groups is 1. The number of rotatable bonds is 5. The SMILES string of the molecule is Cc1cc([N+](=O)[O-])cnc1S(=O)(=O)CC(C)CCl. The van der Waals surface area contributed by atoms with Crippen LogP contribution < -0.4 is 0 Å². The van der Waals surface area contributed by atoms with E-state index in [2.05, 4.69) is 4.98 Å². The molecular weight excluding hydrogens is 280 g/mol. The summed E-state index contributed by atoms with van der Waals surface area (Å²) in [5, 5.41) is 10.4. The molecule has 0 amide bonds. The molecule has 8 heteroatoms. The van der Waals surface area contributed by atoms with E-state index < -0.39 is 14.8 Å². The van der Waals surface area contributed by atoms with Crippen LogP contribution in [0.3, 0.4) is 0 Å². The second-order valence-corrected chi connectivity index (χ2v) is 6.37. The van der Waals surface area contributed by atoms with Crippen molar-refractivity contribution in [3.05, 3.63) is 27.9 Å². The summed E-state index contributed by atoms with van der Waals surface area (Å²) in [6.07, 6.45) is 0.950. The summed E-state index contributed by atoms with van der Waals surface area (Å²) < 4.78 is 24.0. The van der Waals surface area contributed by atoms with Gasteiger partial charge in [-0.15, -0.1) is 11.6 Å². The van der Waals surface area contributed by atoms with Crippen molar-refractivity contribution < 1.29 is 13.3 Å². The largest absolute Gasteiger partial charge is 0.287 e. The van der Waals surface area contributed by atoms with Gasteiger partial charge in [-0.3, -0.25) is 10.1 Å². The summed E-state index contributed by atoms with van der Waals surface area (Å²) in [4.78, 5) is 13.6. The molecule has 6 nitrogen and oxygen atoms in total. The maximum atomic E-state index is 12.0. The lowest BCUT2D eigenvalue weighted by atomic mass is 10.3. The highest BCUT2D eigenvalue weighted by molar-refractivity contribution is 7.91. The molecule has 1 heterocycles. The lowest BCUT2D eigenvalue weighted by molar-refractivity contribution is -0.385. The fraction of sp³-hybridized carbons (Fsp3) is 0.500. The normalized spacial score (nSPS) is 13.3. The van der Waals surface area contributed by atoms with Gasteiger partial charge >= 0.3 is 0 Å². The van der Waals surface area contributed by atoms with Gasteiger partial charge in [0.25, 0.3) is 5.69 Å². The van der Waals surface area contributed by atoms with E-state index >= 15 is 0 Å². The molecule has 1 unspecified atom stereocenters. The van der Waals surface area contributed by atoms with Crippen molar-refractivity contribution in [1.82, 2.24) is 4.98 Å². The maximum Gasteiger partial charge on any atom is 0.287 e. The number of hydrogen-bond acceptors (Lipinski definition) is 5. The third-order valence-electron chi connectivity index (χ3n) is 2.29. The highest BCUT2D eigenvalue weighted by Gasteiger charge is 2.23. The molecule has 1 aromatic heterocycles. The van der Waals surface area contributed by atoms with Crippen molar-refractivity contribution in [3.63, 3.8) is 0 Å². The van der Waals surface area contributed by atoms with Gasteiger partial charge in [0.15, 0.2) is 14.9 Å². The Morgan fingerprint density at radius 2 is 2.17 bits per heavy atom. The predicted octanol–water partition coefficient (Wildman–Crippen LogP) is 1.95. The number of pyridine rings is 1. The predicted molar refractivity (Wildman–Crippen MR) is 67.6 cm³/mol. The third kappa shape index (κ3) is 3.39. The zero-order chi connectivity index (χ0) is 13.9. The van der Waals surface area contributed by atoms with Crippen molar-refractivity contribution in [2.45, 2.75) is 18.9 Å². The molecule has 0 aliphatic carbocycles. The fourth-order valence-electron chi connectivity index (χ4n) is 1.47. The Hall–Kier alpha value is -1.21. The molecule has 0 radical (unpaired) electrons. The van der Waals surface area contributed by atoms with Gasteiger partial charge in [0.05, 0.1) is 10.7 Å². The lowest BCUT2D eigenvalue weighted by Gasteiger charge is -2.09. The van der Waals surface area contributed by atoms with Crippen LogP contribution in [-0.4, -0.2) is 30.0 Å². The standard InChI is InChI=1S/C10H13ClN2O4S/c1-7(4-11)6-18(16,17)10-8(2)3-9(5-12-10)13(14)15/h3,5,7H,4,6H2,1-2H3. The maximum absolute atomic E-state index is 12.0. The Kier molecular flexibility index (Phi) is 4.64. The number of aromatic nitrogens is 1. The van der Waals surface area contributed by atoms with Crippen LogP contribution in [0.5, 0.6) is 0 Å². The van der Waals surface area contributed by atoms with Crippen LogP contribution >= 0.6 is 11.6 Å². The molecule has 0 N–H and O–H groups in total. The van der Waals surface area contributed by atoms with E-state index in [1.54, 1.807) is 6.92 Å². The number of halogens is 1. The van der Waals surface area contributed by atoms with Crippen LogP contribution in [0.15, 0.2) is 17.3 Å². The van der Waals surface area contributed by atoms with Gasteiger partial charge < -0.3 is 0 Å². The molecule has 1 atom stereocenters. The quantitative estimate of drug-likeness (QED) is 0.470. The van der Waals surface area contributed by atoms with Gasteiger partial charge in [-0.1, -0.05) is 6.92 Å². The molecule has 100 valence electrons. The van der Waals surface area contributed by atoms with Crippen LogP contribution in [0, 0.1) is 23.0 Å². The van der Waals surface area contributed by atoms with Crippen molar-refractivity contribution in [2.24, 2.45) is 5.92 Å². The molecule has 0 fully saturated rings. The van der Waals surface area contributed by atoms with Crippen molar-refractivity contribution >= 4 is 27.1 Å². The molecular formula is C10H13ClN2O4S. The Morgan fingerprint density at radius 3 is 2.61 bits per heavy atom. The highest BCUT2D eigenvalue weighted by Crippen LogP contribution is 2.20. The fourth-order valence-corrected chi connectivity index (χ4v) is 3.50. The molecule has 0 aromatic carbocycles. The second kappa shape index (κ2) is 5.62. The van der Waals surface area contributed by atoms with E-state index in [-0.39, 0.29) is 33.8 Å². The van der Waals surface area contributed by atoms with E-state index in [4.69, 9.17) is 11.6 Å². The van der Waals surface area contributed by atoms with Crippen LogP contribution in [0.2, 0.25) is 0 Å². The van der Waals surface area contributed by atoms with Gasteiger partial charge in [-0.25, -0.2) is 13.4 Å². The minimum absolute atomic E-state index is 0.120. The Labute approximate surface area is 110 Å². The monoisotopic (exact) mass is 292 g/mol. The first kappa shape index (κ1) is 14.8. The van der Waals surface area contributed by atoms with Crippen LogP contribution in [0.1, 0.15) is 12.5 Å². The van der Waals surface area contributed by atoms with Crippen molar-refractivity contribution in [1.29, 1.82) is 0 Å². The first-order chi connectivity index (χ1) is 8.27. The minimum atomic E-state index is -3.56. The number of hydrogen-bond donors (Lipinski definition) is 0. The molecule has 0 aliphatic rings.